The summed E-state index contributed by atoms with van der Waals surface area (Å²) in [6.45, 7) is 5.86. The van der Waals surface area contributed by atoms with Crippen LogP contribution in [0.15, 0.2) is 59.4 Å². The summed E-state index contributed by atoms with van der Waals surface area (Å²) in [4.78, 5) is 64.3. The molecule has 10 rings (SSSR count). The molecular weight excluding hydrogens is 878 g/mol. The number of hydrogen-bond acceptors (Lipinski definition) is 14. The lowest BCUT2D eigenvalue weighted by Gasteiger charge is -2.39. The maximum absolute atomic E-state index is 13.8. The highest BCUT2D eigenvalue weighted by Gasteiger charge is 2.45. The van der Waals surface area contributed by atoms with Crippen molar-refractivity contribution in [1.29, 1.82) is 5.26 Å². The lowest BCUT2D eigenvalue weighted by molar-refractivity contribution is -0.172. The van der Waals surface area contributed by atoms with Crippen molar-refractivity contribution in [2.45, 2.75) is 89.3 Å². The maximum Gasteiger partial charge on any atom is 0.343 e. The van der Waals surface area contributed by atoms with Gasteiger partial charge in [0.1, 0.15) is 24.2 Å². The fraction of sp³-hybridized carbons (Fsp3) is 0.429. The van der Waals surface area contributed by atoms with Crippen LogP contribution < -0.4 is 20.5 Å². The molecule has 3 N–H and O–H groups in total. The van der Waals surface area contributed by atoms with E-state index in [1.165, 1.54) is 0 Å². The monoisotopic (exact) mass is 927 g/mol. The van der Waals surface area contributed by atoms with Crippen molar-refractivity contribution >= 4 is 46.1 Å². The van der Waals surface area contributed by atoms with Crippen LogP contribution in [0.4, 0.5) is 5.82 Å². The minimum atomic E-state index is -1.91. The first kappa shape index (κ1) is 44.2. The van der Waals surface area contributed by atoms with Gasteiger partial charge in [-0.1, -0.05) is 18.5 Å². The molecule has 5 aromatic rings. The van der Waals surface area contributed by atoms with Crippen LogP contribution >= 0.6 is 11.6 Å². The van der Waals surface area contributed by atoms with Crippen molar-refractivity contribution in [3.63, 3.8) is 0 Å². The number of anilines is 1. The number of carbonyl (C=O) groups excluding carboxylic acids is 3. The number of nitrogens with one attached hydrogen (secondary N) is 1. The topological polar surface area (TPSA) is 216 Å². The smallest absolute Gasteiger partial charge is 0.343 e. The van der Waals surface area contributed by atoms with Gasteiger partial charge in [0.05, 0.1) is 45.7 Å². The van der Waals surface area contributed by atoms with Gasteiger partial charge in [-0.3, -0.25) is 19.3 Å². The number of ether oxygens (including phenoxy) is 2. The van der Waals surface area contributed by atoms with Crippen molar-refractivity contribution < 1.29 is 34.1 Å². The number of benzene rings is 2. The van der Waals surface area contributed by atoms with Crippen molar-refractivity contribution in [2.75, 3.05) is 44.2 Å². The first-order valence-corrected chi connectivity index (χ1v) is 23.4. The number of esters is 1. The fourth-order valence-electron chi connectivity index (χ4n) is 10.3. The second-order valence-corrected chi connectivity index (χ2v) is 18.6. The number of halogens is 1. The van der Waals surface area contributed by atoms with Crippen molar-refractivity contribution in [3.05, 3.63) is 103 Å². The van der Waals surface area contributed by atoms with Gasteiger partial charge in [-0.25, -0.2) is 9.78 Å². The van der Waals surface area contributed by atoms with Crippen LogP contribution in [-0.2, 0) is 39.6 Å². The van der Waals surface area contributed by atoms with Crippen LogP contribution in [-0.4, -0.2) is 109 Å². The van der Waals surface area contributed by atoms with Gasteiger partial charge in [0.2, 0.25) is 5.91 Å². The molecule has 3 aromatic heterocycles. The highest BCUT2D eigenvalue weighted by atomic mass is 35.5. The number of phenolic OH excluding ortho intramolecular Hbond substituents is 1. The zero-order chi connectivity index (χ0) is 46.6. The van der Waals surface area contributed by atoms with Crippen molar-refractivity contribution in [2.24, 2.45) is 5.92 Å². The summed E-state index contributed by atoms with van der Waals surface area (Å²) in [5.41, 5.74) is 2.23. The molecule has 3 fully saturated rings. The summed E-state index contributed by atoms with van der Waals surface area (Å²) in [5, 5.41) is 44.3. The largest absolute Gasteiger partial charge is 0.508 e. The van der Waals surface area contributed by atoms with Gasteiger partial charge in [-0.05, 0) is 93.5 Å². The normalized spacial score (nSPS) is 21.8. The second-order valence-electron chi connectivity index (χ2n) is 18.2. The SMILES string of the molecule is CC[C@@]1(O)C(=O)OCc2c1cc1n(c2=O)Cc2cc3c(CN4CCN(C(=O)C5CCN(c6ccc(C(=O)N[C@H]7CC[C@H](Oc8ccc(C#N)c(Cl)c8)CC7)nn6)CC5)CC4)c(O)ccc3nc2-1. The number of carbonyl (C=O) groups is 3. The van der Waals surface area contributed by atoms with Gasteiger partial charge in [-0.15, -0.1) is 10.2 Å². The van der Waals surface area contributed by atoms with Gasteiger partial charge in [0.25, 0.3) is 11.5 Å². The number of rotatable bonds is 9. The van der Waals surface area contributed by atoms with Gasteiger partial charge in [0.15, 0.2) is 17.1 Å². The Kier molecular flexibility index (Phi) is 11.8. The zero-order valence-electron chi connectivity index (χ0n) is 37.0. The lowest BCUT2D eigenvalue weighted by Crippen LogP contribution is -2.51. The molecule has 5 aliphatic rings. The summed E-state index contributed by atoms with van der Waals surface area (Å²) < 4.78 is 12.9. The Morgan fingerprint density at radius 3 is 2.45 bits per heavy atom. The Bertz CT molecular complexity index is 2900. The van der Waals surface area contributed by atoms with Gasteiger partial charge < -0.3 is 39.4 Å². The van der Waals surface area contributed by atoms with Crippen LogP contribution in [0.2, 0.25) is 5.02 Å². The number of pyridine rings is 2. The number of fused-ring (bicyclic) bond motifs is 5. The molecule has 0 radical (unpaired) electrons. The molecule has 1 aliphatic carbocycles. The predicted molar refractivity (Wildman–Crippen MR) is 245 cm³/mol. The molecule has 1 atom stereocenters. The number of piperazine rings is 1. The van der Waals surface area contributed by atoms with E-state index in [4.69, 9.17) is 31.3 Å². The molecule has 7 heterocycles. The average molecular weight is 928 g/mol. The number of hydrogen-bond donors (Lipinski definition) is 3. The number of piperidine rings is 1. The summed E-state index contributed by atoms with van der Waals surface area (Å²) in [5.74, 6) is 0.438. The summed E-state index contributed by atoms with van der Waals surface area (Å²) in [6.07, 6.45) is 4.46. The third kappa shape index (κ3) is 8.31. The van der Waals surface area contributed by atoms with E-state index in [2.05, 4.69) is 25.3 Å². The molecule has 0 bridgehead atoms. The molecule has 18 heteroatoms. The highest BCUT2D eigenvalue weighted by Crippen LogP contribution is 2.40. The number of nitrogens with zero attached hydrogens (tertiary/aromatic N) is 8. The van der Waals surface area contributed by atoms with Gasteiger partial charge >= 0.3 is 5.97 Å². The first-order valence-electron chi connectivity index (χ1n) is 23.0. The summed E-state index contributed by atoms with van der Waals surface area (Å²) >= 11 is 6.16. The number of nitriles is 1. The van der Waals surface area contributed by atoms with Crippen LogP contribution in [0.25, 0.3) is 22.3 Å². The fourth-order valence-corrected chi connectivity index (χ4v) is 10.5. The molecule has 0 unspecified atom stereocenters. The minimum absolute atomic E-state index is 0.00492. The minimum Gasteiger partial charge on any atom is -0.508 e. The van der Waals surface area contributed by atoms with Crippen LogP contribution in [0.5, 0.6) is 11.5 Å². The number of aromatic hydroxyl groups is 1. The van der Waals surface area contributed by atoms with E-state index in [9.17, 15) is 29.4 Å². The molecule has 4 aliphatic heterocycles. The molecule has 17 nitrogen and oxygen atoms in total. The third-order valence-corrected chi connectivity index (χ3v) is 14.6. The molecule has 2 amide bonds. The molecule has 67 heavy (non-hydrogen) atoms. The Morgan fingerprint density at radius 2 is 1.75 bits per heavy atom. The quantitative estimate of drug-likeness (QED) is 0.167. The molecule has 2 aromatic carbocycles. The van der Waals surface area contributed by atoms with Gasteiger partial charge in [-0.2, -0.15) is 5.26 Å². The number of phenols is 1. The standard InChI is InChI=1S/C49H50ClN9O8/c1-2-49(65)37-23-41-44-30(25-59(41)47(63)36(37)27-66-48(49)64)21-34-35(42(60)11-9-39(34)53-44)26-56-17-19-58(20-18-56)46(62)28-13-15-57(16-14-28)43-12-10-40(54-55-43)45(61)52-31-4-7-32(8-5-31)67-33-6-3-29(24-51)38(50)22-33/h3,6,9-12,21-23,28,31-32,60,65H,2,4-5,7-8,13-20,25-27H2,1H3,(H,52,61)/t31-,32-,49-/m0/s1. The van der Waals surface area contributed by atoms with Gasteiger partial charge in [0, 0.05) is 85.9 Å². The highest BCUT2D eigenvalue weighted by molar-refractivity contribution is 6.31. The Morgan fingerprint density at radius 1 is 0.970 bits per heavy atom. The summed E-state index contributed by atoms with van der Waals surface area (Å²) in [6, 6.07) is 17.6. The Hall–Kier alpha value is -6.61. The van der Waals surface area contributed by atoms with E-state index >= 15 is 0 Å². The van der Waals surface area contributed by atoms with E-state index in [1.54, 1.807) is 54.0 Å². The van der Waals surface area contributed by atoms with Crippen molar-refractivity contribution in [3.8, 4) is 29.0 Å². The van der Waals surface area contributed by atoms with Crippen molar-refractivity contribution in [1.82, 2.24) is 34.9 Å². The molecule has 346 valence electrons. The van der Waals surface area contributed by atoms with Crippen LogP contribution in [0.3, 0.4) is 0 Å². The predicted octanol–water partition coefficient (Wildman–Crippen LogP) is 4.78. The number of aliphatic hydroxyl groups is 1. The molecule has 2 saturated heterocycles. The van der Waals surface area contributed by atoms with E-state index in [0.29, 0.717) is 97.7 Å². The molecular formula is C49H50ClN9O8. The second kappa shape index (κ2) is 17.9. The van der Waals surface area contributed by atoms with E-state index < -0.39 is 11.6 Å². The molecule has 0 spiro atoms. The first-order chi connectivity index (χ1) is 32.4. The Balaban J connectivity index is 0.701. The summed E-state index contributed by atoms with van der Waals surface area (Å²) in [7, 11) is 0. The lowest BCUT2D eigenvalue weighted by atomic mass is 9.86. The van der Waals surface area contributed by atoms with Crippen LogP contribution in [0.1, 0.15) is 90.2 Å². The third-order valence-electron chi connectivity index (χ3n) is 14.3. The Labute approximate surface area is 390 Å². The number of amides is 2. The van der Waals surface area contributed by atoms with E-state index in [-0.39, 0.29) is 77.6 Å². The zero-order valence-corrected chi connectivity index (χ0v) is 37.8. The number of cyclic esters (lactones) is 1. The molecule has 1 saturated carbocycles. The maximum atomic E-state index is 13.8. The van der Waals surface area contributed by atoms with Crippen LogP contribution in [0, 0.1) is 17.2 Å². The average Bonchev–Trinajstić information content (AvgIpc) is 3.71. The van der Waals surface area contributed by atoms with E-state index in [1.807, 2.05) is 23.1 Å². The van der Waals surface area contributed by atoms with E-state index in [0.717, 1.165) is 42.2 Å². The number of aromatic nitrogens is 4.